The van der Waals surface area contributed by atoms with Gasteiger partial charge in [0.05, 0.1) is 17.9 Å². The Morgan fingerprint density at radius 2 is 2.23 bits per heavy atom. The molecule has 134 valence electrons. The highest BCUT2D eigenvalue weighted by molar-refractivity contribution is 6.31. The van der Waals surface area contributed by atoms with Gasteiger partial charge in [0.2, 0.25) is 0 Å². The molecule has 0 saturated carbocycles. The molecular weight excluding hydrogens is 356 g/mol. The molecule has 9 heteroatoms. The minimum absolute atomic E-state index is 0.207. The molecule has 1 N–H and O–H groups in total. The second-order valence-corrected chi connectivity index (χ2v) is 6.33. The third-order valence-corrected chi connectivity index (χ3v) is 4.52. The molecule has 0 spiro atoms. The van der Waals surface area contributed by atoms with Crippen molar-refractivity contribution in [2.75, 3.05) is 13.7 Å². The molecule has 2 aromatic heterocycles. The third kappa shape index (κ3) is 2.58. The van der Waals surface area contributed by atoms with Gasteiger partial charge in [-0.05, 0) is 25.1 Å². The number of rotatable bonds is 4. The molecule has 3 heterocycles. The second-order valence-electron chi connectivity index (χ2n) is 5.89. The Kier molecular flexibility index (Phi) is 4.21. The van der Waals surface area contributed by atoms with Crippen LogP contribution in [0.3, 0.4) is 0 Å². The molecule has 1 aliphatic rings. The van der Waals surface area contributed by atoms with Crippen LogP contribution in [0, 0.1) is 0 Å². The molecule has 8 nitrogen and oxygen atoms in total. The van der Waals surface area contributed by atoms with Gasteiger partial charge in [-0.25, -0.2) is 4.98 Å². The normalized spacial score (nSPS) is 12.1. The summed E-state index contributed by atoms with van der Waals surface area (Å²) in [5, 5.41) is 12.0. The Labute approximate surface area is 154 Å². The summed E-state index contributed by atoms with van der Waals surface area (Å²) in [5.74, 6) is 1.15. The van der Waals surface area contributed by atoms with E-state index in [1.54, 1.807) is 19.5 Å². The number of imidazole rings is 1. The number of carbonyl (C=O) groups is 1. The van der Waals surface area contributed by atoms with Crippen LogP contribution in [0.2, 0.25) is 5.02 Å². The summed E-state index contributed by atoms with van der Waals surface area (Å²) in [6.45, 7) is 3.12. The van der Waals surface area contributed by atoms with Crippen molar-refractivity contribution in [1.29, 1.82) is 0 Å². The van der Waals surface area contributed by atoms with Gasteiger partial charge >= 0.3 is 0 Å². The largest absolute Gasteiger partial charge is 0.377 e. The lowest BCUT2D eigenvalue weighted by atomic mass is 10.1. The summed E-state index contributed by atoms with van der Waals surface area (Å²) in [6, 6.07) is 5.54. The Morgan fingerprint density at radius 1 is 1.38 bits per heavy atom. The lowest BCUT2D eigenvalue weighted by molar-refractivity contribution is 0.0950. The number of hydrogen-bond acceptors (Lipinski definition) is 5. The first-order valence-corrected chi connectivity index (χ1v) is 8.57. The quantitative estimate of drug-likeness (QED) is 0.592. The summed E-state index contributed by atoms with van der Waals surface area (Å²) in [4.78, 5) is 16.8. The number of benzene rings is 1. The van der Waals surface area contributed by atoms with E-state index in [4.69, 9.17) is 16.3 Å². The van der Waals surface area contributed by atoms with Gasteiger partial charge in [0.15, 0.2) is 17.3 Å². The number of carbonyl (C=O) groups excluding carboxylic acids is 1. The van der Waals surface area contributed by atoms with Crippen LogP contribution < -0.4 is 5.32 Å². The molecule has 3 aromatic rings. The molecule has 26 heavy (non-hydrogen) atoms. The van der Waals surface area contributed by atoms with Gasteiger partial charge in [0.1, 0.15) is 12.9 Å². The summed E-state index contributed by atoms with van der Waals surface area (Å²) in [7, 11) is 1.60. The van der Waals surface area contributed by atoms with Crippen LogP contribution in [0.15, 0.2) is 24.5 Å². The van der Waals surface area contributed by atoms with E-state index in [2.05, 4.69) is 20.5 Å². The van der Waals surface area contributed by atoms with Crippen molar-refractivity contribution in [1.82, 2.24) is 29.6 Å². The van der Waals surface area contributed by atoms with Crippen molar-refractivity contribution in [3.63, 3.8) is 0 Å². The average molecular weight is 373 g/mol. The standard InChI is InChI=1S/C17H17ClN6O2/c1-3-19-17(25)15-13-7-23-14(8-26-2)21-22-16(23)11-6-10(18)4-5-12(11)24(13)9-20-15/h4-6,9H,3,7-8H2,1-2H3,(H,19,25). The molecule has 0 radical (unpaired) electrons. The second kappa shape index (κ2) is 6.54. The first-order valence-electron chi connectivity index (χ1n) is 8.19. The molecule has 1 aliphatic heterocycles. The first-order chi connectivity index (χ1) is 12.6. The van der Waals surface area contributed by atoms with E-state index in [-0.39, 0.29) is 5.91 Å². The van der Waals surface area contributed by atoms with Gasteiger partial charge in [-0.1, -0.05) is 11.6 Å². The SMILES string of the molecule is CCNC(=O)c1ncn2c1Cn1c(COC)nnc1-c1cc(Cl)ccc1-2. The Hall–Kier alpha value is -2.71. The van der Waals surface area contributed by atoms with Crippen LogP contribution in [0.4, 0.5) is 0 Å². The number of hydrogen-bond donors (Lipinski definition) is 1. The van der Waals surface area contributed by atoms with Gasteiger partial charge in [-0.3, -0.25) is 9.36 Å². The van der Waals surface area contributed by atoms with Crippen LogP contribution in [-0.2, 0) is 17.9 Å². The lowest BCUT2D eigenvalue weighted by Gasteiger charge is -2.09. The highest BCUT2D eigenvalue weighted by Crippen LogP contribution is 2.34. The minimum Gasteiger partial charge on any atom is -0.377 e. The van der Waals surface area contributed by atoms with Crippen LogP contribution >= 0.6 is 11.6 Å². The van der Waals surface area contributed by atoms with Crippen molar-refractivity contribution in [2.24, 2.45) is 0 Å². The molecule has 0 saturated heterocycles. The molecule has 0 fully saturated rings. The predicted molar refractivity (Wildman–Crippen MR) is 95.4 cm³/mol. The molecule has 0 aliphatic carbocycles. The average Bonchev–Trinajstić information content (AvgIpc) is 3.18. The van der Waals surface area contributed by atoms with Gasteiger partial charge in [-0.2, -0.15) is 0 Å². The topological polar surface area (TPSA) is 86.9 Å². The zero-order chi connectivity index (χ0) is 18.3. The van der Waals surface area contributed by atoms with Crippen molar-refractivity contribution in [2.45, 2.75) is 20.1 Å². The van der Waals surface area contributed by atoms with Crippen LogP contribution in [0.5, 0.6) is 0 Å². The summed E-state index contributed by atoms with van der Waals surface area (Å²) < 4.78 is 9.08. The molecule has 1 amide bonds. The van der Waals surface area contributed by atoms with Crippen molar-refractivity contribution >= 4 is 17.5 Å². The van der Waals surface area contributed by atoms with Gasteiger partial charge in [-0.15, -0.1) is 10.2 Å². The van der Waals surface area contributed by atoms with Crippen LogP contribution in [0.25, 0.3) is 17.1 Å². The first kappa shape index (κ1) is 16.7. The van der Waals surface area contributed by atoms with Crippen molar-refractivity contribution in [3.8, 4) is 17.1 Å². The Balaban J connectivity index is 1.97. The summed E-state index contributed by atoms with van der Waals surface area (Å²) in [5.41, 5.74) is 2.82. The highest BCUT2D eigenvalue weighted by atomic mass is 35.5. The number of ether oxygens (including phenoxy) is 1. The number of aromatic nitrogens is 5. The molecule has 0 unspecified atom stereocenters. The fourth-order valence-corrected chi connectivity index (χ4v) is 3.32. The third-order valence-electron chi connectivity index (χ3n) is 4.29. The maximum Gasteiger partial charge on any atom is 0.271 e. The highest BCUT2D eigenvalue weighted by Gasteiger charge is 2.27. The van der Waals surface area contributed by atoms with E-state index >= 15 is 0 Å². The Morgan fingerprint density at radius 3 is 3.00 bits per heavy atom. The molecule has 4 rings (SSSR count). The minimum atomic E-state index is -0.207. The number of methoxy groups -OCH3 is 1. The zero-order valence-electron chi connectivity index (χ0n) is 14.4. The van der Waals surface area contributed by atoms with E-state index in [1.807, 2.05) is 28.2 Å². The van der Waals surface area contributed by atoms with Gasteiger partial charge in [0, 0.05) is 24.2 Å². The van der Waals surface area contributed by atoms with E-state index in [9.17, 15) is 4.79 Å². The van der Waals surface area contributed by atoms with Gasteiger partial charge < -0.3 is 14.6 Å². The number of fused-ring (bicyclic) bond motifs is 5. The summed E-state index contributed by atoms with van der Waals surface area (Å²) >= 11 is 6.22. The van der Waals surface area contributed by atoms with E-state index in [0.29, 0.717) is 42.1 Å². The predicted octanol–water partition coefficient (Wildman–Crippen LogP) is 2.04. The van der Waals surface area contributed by atoms with E-state index < -0.39 is 0 Å². The van der Waals surface area contributed by atoms with E-state index in [1.165, 1.54) is 0 Å². The van der Waals surface area contributed by atoms with Crippen LogP contribution in [-0.4, -0.2) is 43.9 Å². The molecule has 1 aromatic carbocycles. The molecule has 0 bridgehead atoms. The number of amides is 1. The fourth-order valence-electron chi connectivity index (χ4n) is 3.15. The fraction of sp³-hybridized carbons (Fsp3) is 0.294. The number of nitrogens with one attached hydrogen (secondary N) is 1. The smallest absolute Gasteiger partial charge is 0.271 e. The monoisotopic (exact) mass is 372 g/mol. The van der Waals surface area contributed by atoms with Crippen molar-refractivity contribution < 1.29 is 9.53 Å². The molecule has 0 atom stereocenters. The van der Waals surface area contributed by atoms with E-state index in [0.717, 1.165) is 16.9 Å². The lowest BCUT2D eigenvalue weighted by Crippen LogP contribution is -2.25. The van der Waals surface area contributed by atoms with Gasteiger partial charge in [0.25, 0.3) is 5.91 Å². The van der Waals surface area contributed by atoms with Crippen molar-refractivity contribution in [3.05, 3.63) is 46.8 Å². The van der Waals surface area contributed by atoms with Crippen LogP contribution in [0.1, 0.15) is 28.9 Å². The number of halogens is 1. The maximum absolute atomic E-state index is 12.4. The molecular formula is C17H17ClN6O2. The Bertz CT molecular complexity index is 993. The summed E-state index contributed by atoms with van der Waals surface area (Å²) in [6.07, 6.45) is 1.66. The zero-order valence-corrected chi connectivity index (χ0v) is 15.1. The maximum atomic E-state index is 12.4. The number of nitrogens with zero attached hydrogens (tertiary/aromatic N) is 5.